The third kappa shape index (κ3) is 6.87. The third-order valence-corrected chi connectivity index (χ3v) is 12.8. The van der Waals surface area contributed by atoms with E-state index in [-0.39, 0.29) is 12.1 Å². The van der Waals surface area contributed by atoms with Crippen molar-refractivity contribution in [2.75, 3.05) is 9.80 Å². The van der Waals surface area contributed by atoms with Crippen LogP contribution in [-0.2, 0) is 0 Å². The van der Waals surface area contributed by atoms with Gasteiger partial charge in [0.1, 0.15) is 0 Å². The quantitative estimate of drug-likeness (QED) is 0.171. The molecule has 268 valence electrons. The Bertz CT molecular complexity index is 1950. The zero-order chi connectivity index (χ0) is 35.4. The first-order valence-electron chi connectivity index (χ1n) is 20.8. The second-order valence-electron chi connectivity index (χ2n) is 16.1. The van der Waals surface area contributed by atoms with Crippen LogP contribution in [0.25, 0.3) is 21.5 Å². The molecule has 0 amide bonds. The van der Waals surface area contributed by atoms with Gasteiger partial charge in [0.2, 0.25) is 6.67 Å². The van der Waals surface area contributed by atoms with E-state index in [0.29, 0.717) is 11.8 Å². The molecule has 2 saturated carbocycles. The van der Waals surface area contributed by atoms with Crippen LogP contribution >= 0.6 is 0 Å². The van der Waals surface area contributed by atoms with Crippen LogP contribution in [0, 0.1) is 6.67 Å². The van der Waals surface area contributed by atoms with E-state index >= 15 is 0 Å². The Hall–Kier alpha value is -4.56. The summed E-state index contributed by atoms with van der Waals surface area (Å²) in [6.45, 7) is 4.29. The van der Waals surface area contributed by atoms with Gasteiger partial charge in [-0.15, -0.1) is 0 Å². The molecule has 53 heavy (non-hydrogen) atoms. The molecule has 0 unspecified atom stereocenters. The van der Waals surface area contributed by atoms with Crippen LogP contribution in [0.1, 0.15) is 136 Å². The highest BCUT2D eigenvalue weighted by molar-refractivity contribution is 6.00. The Morgan fingerprint density at radius 1 is 0.358 bits per heavy atom. The molecule has 0 N–H and O–H groups in total. The van der Waals surface area contributed by atoms with Crippen LogP contribution in [-0.4, -0.2) is 0 Å². The van der Waals surface area contributed by atoms with Crippen molar-refractivity contribution in [3.05, 3.63) is 162 Å². The van der Waals surface area contributed by atoms with Crippen molar-refractivity contribution in [1.82, 2.24) is 0 Å². The van der Waals surface area contributed by atoms with Gasteiger partial charge < -0.3 is 9.80 Å². The van der Waals surface area contributed by atoms with Gasteiger partial charge in [-0.1, -0.05) is 198 Å². The van der Waals surface area contributed by atoms with E-state index in [4.69, 9.17) is 0 Å². The summed E-state index contributed by atoms with van der Waals surface area (Å²) in [5.74, 6) is 1.08. The van der Waals surface area contributed by atoms with Crippen molar-refractivity contribution in [3.8, 4) is 0 Å². The van der Waals surface area contributed by atoms with Crippen molar-refractivity contribution in [2.24, 2.45) is 0 Å². The Kier molecular flexibility index (Phi) is 10.2. The van der Waals surface area contributed by atoms with Crippen LogP contribution < -0.4 is 9.80 Å². The van der Waals surface area contributed by atoms with Gasteiger partial charge in [-0.2, -0.15) is 0 Å². The van der Waals surface area contributed by atoms with Crippen LogP contribution in [0.5, 0.6) is 0 Å². The standard InChI is InChI=1S/C51H54N2/c1-3-9-21-38(22-10-4-1)46-35-33-40-25-17-19-31-44(40)50(46)52-37-53(49(43-29-15-8-16-30-43)48(52)42-27-13-7-14-28-42)51-45-32-20-18-26-41(45)34-36-47(51)39-23-11-5-2-6-12-24-39/h7-8,13-20,25-36,38-39,48-49H,1-6,9-12,21-24H2/t48-,49-/m0/s1. The molecule has 3 fully saturated rings. The van der Waals surface area contributed by atoms with Gasteiger partial charge in [0, 0.05) is 10.8 Å². The van der Waals surface area contributed by atoms with Gasteiger partial charge in [0.25, 0.3) is 0 Å². The fourth-order valence-corrected chi connectivity index (χ4v) is 10.1. The highest BCUT2D eigenvalue weighted by atomic mass is 15.4. The fraction of sp³-hybridized carbons (Fsp3) is 0.353. The first-order chi connectivity index (χ1) is 26.3. The van der Waals surface area contributed by atoms with Crippen LogP contribution in [0.15, 0.2) is 133 Å². The molecule has 2 atom stereocenters. The maximum absolute atomic E-state index is 4.29. The molecule has 0 spiro atoms. The zero-order valence-corrected chi connectivity index (χ0v) is 31.3. The Labute approximate surface area is 317 Å². The van der Waals surface area contributed by atoms with Crippen LogP contribution in [0.3, 0.4) is 0 Å². The summed E-state index contributed by atoms with van der Waals surface area (Å²) < 4.78 is 0. The number of benzene rings is 6. The van der Waals surface area contributed by atoms with Crippen LogP contribution in [0.4, 0.5) is 11.4 Å². The summed E-state index contributed by atoms with van der Waals surface area (Å²) in [6, 6.07) is 50.8. The van der Waals surface area contributed by atoms with Gasteiger partial charge in [-0.25, -0.2) is 0 Å². The molecule has 3 aliphatic rings. The summed E-state index contributed by atoms with van der Waals surface area (Å²) >= 11 is 0. The third-order valence-electron chi connectivity index (χ3n) is 12.8. The summed E-state index contributed by atoms with van der Waals surface area (Å²) in [7, 11) is 0. The van der Waals surface area contributed by atoms with E-state index in [0.717, 1.165) is 0 Å². The van der Waals surface area contributed by atoms with Gasteiger partial charge >= 0.3 is 0 Å². The molecule has 0 aromatic heterocycles. The highest BCUT2D eigenvalue weighted by Gasteiger charge is 2.46. The largest absolute Gasteiger partial charge is 0.331 e. The van der Waals surface area contributed by atoms with E-state index in [1.54, 1.807) is 0 Å². The SMILES string of the molecule is [C]1N(c2c(C3CCCCCCC3)ccc3ccccc23)[C@@H](c2ccccc2)[C@H](c2ccccc2)N1c1c(C2CCCCCCC2)ccc2ccccc12. The fourth-order valence-electron chi connectivity index (χ4n) is 10.1. The van der Waals surface area contributed by atoms with E-state index in [9.17, 15) is 0 Å². The first-order valence-corrected chi connectivity index (χ1v) is 20.8. The average Bonchev–Trinajstić information content (AvgIpc) is 3.57. The predicted molar refractivity (Wildman–Crippen MR) is 225 cm³/mol. The molecular weight excluding hydrogens is 641 g/mol. The second-order valence-corrected chi connectivity index (χ2v) is 16.1. The number of nitrogens with zero attached hydrogens (tertiary/aromatic N) is 2. The molecule has 1 aliphatic heterocycles. The lowest BCUT2D eigenvalue weighted by molar-refractivity contribution is 0.455. The Morgan fingerprint density at radius 3 is 1.13 bits per heavy atom. The lowest BCUT2D eigenvalue weighted by Gasteiger charge is -2.34. The van der Waals surface area contributed by atoms with Crippen molar-refractivity contribution in [2.45, 2.75) is 114 Å². The van der Waals surface area contributed by atoms with Gasteiger partial charge in [-0.05, 0) is 70.5 Å². The molecule has 6 aromatic carbocycles. The minimum Gasteiger partial charge on any atom is -0.331 e. The van der Waals surface area contributed by atoms with E-state index in [1.807, 2.05) is 0 Å². The van der Waals surface area contributed by atoms with Crippen molar-refractivity contribution < 1.29 is 0 Å². The van der Waals surface area contributed by atoms with E-state index in [2.05, 4.69) is 150 Å². The number of fused-ring (bicyclic) bond motifs is 2. The van der Waals surface area contributed by atoms with Gasteiger partial charge in [0.05, 0.1) is 23.5 Å². The predicted octanol–water partition coefficient (Wildman–Crippen LogP) is 14.5. The molecular formula is C51H54N2. The molecule has 6 aromatic rings. The van der Waals surface area contributed by atoms with E-state index < -0.39 is 0 Å². The lowest BCUT2D eigenvalue weighted by atomic mass is 9.83. The molecule has 2 heteroatoms. The molecule has 2 aliphatic carbocycles. The average molecular weight is 695 g/mol. The summed E-state index contributed by atoms with van der Waals surface area (Å²) in [5, 5.41) is 5.29. The Balaban J connectivity index is 1.30. The van der Waals surface area contributed by atoms with Crippen molar-refractivity contribution >= 4 is 32.9 Å². The van der Waals surface area contributed by atoms with Crippen LogP contribution in [0.2, 0.25) is 0 Å². The molecule has 2 nitrogen and oxygen atoms in total. The van der Waals surface area contributed by atoms with E-state index in [1.165, 1.54) is 145 Å². The monoisotopic (exact) mass is 694 g/mol. The maximum atomic E-state index is 4.29. The second kappa shape index (κ2) is 15.8. The lowest BCUT2D eigenvalue weighted by Crippen LogP contribution is -2.25. The molecule has 1 saturated heterocycles. The highest BCUT2D eigenvalue weighted by Crippen LogP contribution is 2.56. The number of rotatable bonds is 6. The Morgan fingerprint density at radius 2 is 0.717 bits per heavy atom. The van der Waals surface area contributed by atoms with Gasteiger partial charge in [-0.3, -0.25) is 0 Å². The zero-order valence-electron chi connectivity index (χ0n) is 31.3. The topological polar surface area (TPSA) is 6.48 Å². The normalized spacial score (nSPS) is 21.0. The summed E-state index contributed by atoms with van der Waals surface area (Å²) in [4.78, 5) is 5.24. The summed E-state index contributed by atoms with van der Waals surface area (Å²) in [5.41, 5.74) is 8.40. The minimum atomic E-state index is 0.0286. The van der Waals surface area contributed by atoms with Crippen molar-refractivity contribution in [3.63, 3.8) is 0 Å². The number of hydrogen-bond donors (Lipinski definition) is 0. The van der Waals surface area contributed by atoms with Crippen molar-refractivity contribution in [1.29, 1.82) is 0 Å². The first kappa shape index (κ1) is 34.2. The number of hydrogen-bond acceptors (Lipinski definition) is 2. The molecule has 1 heterocycles. The summed E-state index contributed by atoms with van der Waals surface area (Å²) in [6.07, 6.45) is 18.4. The number of anilines is 2. The smallest absolute Gasteiger partial charge is 0.210 e. The minimum absolute atomic E-state index is 0.0286. The molecule has 0 bridgehead atoms. The molecule has 2 radical (unpaired) electrons. The maximum Gasteiger partial charge on any atom is 0.210 e. The van der Waals surface area contributed by atoms with Gasteiger partial charge in [0.15, 0.2) is 0 Å². The molecule has 9 rings (SSSR count).